The third-order valence-corrected chi connectivity index (χ3v) is 2.72. The lowest BCUT2D eigenvalue weighted by Gasteiger charge is -2.28. The number of aryl methyl sites for hydroxylation is 1. The van der Waals surface area contributed by atoms with Crippen molar-refractivity contribution in [1.29, 1.82) is 0 Å². The lowest BCUT2D eigenvalue weighted by molar-refractivity contribution is 0.0696. The highest BCUT2D eigenvalue weighted by atomic mass is 16.4. The molecule has 0 atom stereocenters. The quantitative estimate of drug-likeness (QED) is 0.794. The molecule has 0 unspecified atom stereocenters. The summed E-state index contributed by atoms with van der Waals surface area (Å²) in [4.78, 5) is 13.1. The molecule has 1 N–H and O–H groups in total. The number of anilines is 1. The first-order valence-electron chi connectivity index (χ1n) is 5.68. The van der Waals surface area contributed by atoms with Crippen molar-refractivity contribution >= 4 is 11.7 Å². The van der Waals surface area contributed by atoms with E-state index in [1.54, 1.807) is 6.07 Å². The first kappa shape index (κ1) is 13.3. The molecule has 1 rings (SSSR count). The number of rotatable bonds is 5. The van der Waals surface area contributed by atoms with E-state index < -0.39 is 5.97 Å². The first-order chi connectivity index (χ1) is 7.97. The second-order valence-electron chi connectivity index (χ2n) is 4.34. The number of aromatic carboxylic acids is 1. The Labute approximate surface area is 102 Å². The van der Waals surface area contributed by atoms with Crippen molar-refractivity contribution in [1.82, 2.24) is 0 Å². The molecule has 3 heteroatoms. The normalized spacial score (nSPS) is 10.4. The smallest absolute Gasteiger partial charge is 0.335 e. The molecule has 0 amide bonds. The van der Waals surface area contributed by atoms with Crippen LogP contribution in [-0.4, -0.2) is 23.7 Å². The van der Waals surface area contributed by atoms with Crippen LogP contribution in [0, 0.1) is 6.92 Å². The number of carboxylic acid groups (broad SMARTS) is 1. The zero-order valence-corrected chi connectivity index (χ0v) is 10.6. The molecule has 17 heavy (non-hydrogen) atoms. The third-order valence-electron chi connectivity index (χ3n) is 2.72. The standard InChI is InChI=1S/C14H19NO2/c1-5-8-15(10(2)3)12-6-7-13(14(16)17)11(4)9-12/h5-7,9-10H,1,8H2,2-4H3,(H,16,17). The van der Waals surface area contributed by atoms with Crippen molar-refractivity contribution in [2.75, 3.05) is 11.4 Å². The lowest BCUT2D eigenvalue weighted by Crippen LogP contribution is -2.30. The van der Waals surface area contributed by atoms with Gasteiger partial charge in [-0.1, -0.05) is 6.08 Å². The van der Waals surface area contributed by atoms with Gasteiger partial charge in [0.05, 0.1) is 5.56 Å². The fourth-order valence-corrected chi connectivity index (χ4v) is 1.82. The number of benzene rings is 1. The van der Waals surface area contributed by atoms with Crippen LogP contribution in [0.1, 0.15) is 29.8 Å². The van der Waals surface area contributed by atoms with Crippen LogP contribution in [-0.2, 0) is 0 Å². The summed E-state index contributed by atoms with van der Waals surface area (Å²) in [6, 6.07) is 5.77. The van der Waals surface area contributed by atoms with Gasteiger partial charge in [-0.25, -0.2) is 4.79 Å². The summed E-state index contributed by atoms with van der Waals surface area (Å²) in [6.45, 7) is 10.5. The average molecular weight is 233 g/mol. The van der Waals surface area contributed by atoms with Crippen LogP contribution in [0.3, 0.4) is 0 Å². The molecule has 0 heterocycles. The Hall–Kier alpha value is -1.77. The minimum Gasteiger partial charge on any atom is -0.478 e. The Morgan fingerprint density at radius 1 is 1.53 bits per heavy atom. The van der Waals surface area contributed by atoms with Gasteiger partial charge >= 0.3 is 5.97 Å². The fraction of sp³-hybridized carbons (Fsp3) is 0.357. The van der Waals surface area contributed by atoms with Gasteiger partial charge in [-0.05, 0) is 44.5 Å². The predicted octanol–water partition coefficient (Wildman–Crippen LogP) is 3.09. The van der Waals surface area contributed by atoms with Crippen molar-refractivity contribution < 1.29 is 9.90 Å². The minimum absolute atomic E-state index is 0.350. The molecular formula is C14H19NO2. The Morgan fingerprint density at radius 3 is 2.59 bits per heavy atom. The van der Waals surface area contributed by atoms with Gasteiger partial charge in [0.2, 0.25) is 0 Å². The highest BCUT2D eigenvalue weighted by Gasteiger charge is 2.12. The summed E-state index contributed by atoms with van der Waals surface area (Å²) in [5.41, 5.74) is 2.17. The van der Waals surface area contributed by atoms with Crippen LogP contribution in [0.25, 0.3) is 0 Å². The molecule has 0 aliphatic rings. The van der Waals surface area contributed by atoms with E-state index in [0.29, 0.717) is 11.6 Å². The third kappa shape index (κ3) is 3.09. The van der Waals surface area contributed by atoms with Crippen molar-refractivity contribution in [2.45, 2.75) is 26.8 Å². The van der Waals surface area contributed by atoms with Crippen LogP contribution < -0.4 is 4.90 Å². The molecule has 1 aromatic rings. The SMILES string of the molecule is C=CCN(c1ccc(C(=O)O)c(C)c1)C(C)C. The van der Waals surface area contributed by atoms with Crippen LogP contribution in [0.2, 0.25) is 0 Å². The first-order valence-corrected chi connectivity index (χ1v) is 5.68. The largest absolute Gasteiger partial charge is 0.478 e. The minimum atomic E-state index is -0.881. The zero-order valence-electron chi connectivity index (χ0n) is 10.6. The van der Waals surface area contributed by atoms with Crippen molar-refractivity contribution in [3.8, 4) is 0 Å². The molecule has 0 aromatic heterocycles. The molecule has 0 spiro atoms. The summed E-state index contributed by atoms with van der Waals surface area (Å²) in [7, 11) is 0. The zero-order chi connectivity index (χ0) is 13.0. The monoisotopic (exact) mass is 233 g/mol. The van der Waals surface area contributed by atoms with E-state index in [4.69, 9.17) is 5.11 Å². The van der Waals surface area contributed by atoms with E-state index in [-0.39, 0.29) is 0 Å². The van der Waals surface area contributed by atoms with E-state index in [9.17, 15) is 4.79 Å². The second kappa shape index (κ2) is 5.53. The van der Waals surface area contributed by atoms with E-state index in [0.717, 1.165) is 17.8 Å². The van der Waals surface area contributed by atoms with E-state index in [2.05, 4.69) is 25.3 Å². The van der Waals surface area contributed by atoms with Crippen molar-refractivity contribution in [3.05, 3.63) is 42.0 Å². The number of nitrogens with zero attached hydrogens (tertiary/aromatic N) is 1. The molecule has 0 fully saturated rings. The van der Waals surface area contributed by atoms with Gasteiger partial charge in [-0.3, -0.25) is 0 Å². The van der Waals surface area contributed by atoms with E-state index in [1.165, 1.54) is 0 Å². The molecule has 0 bridgehead atoms. The molecule has 1 aromatic carbocycles. The highest BCUT2D eigenvalue weighted by molar-refractivity contribution is 5.89. The summed E-state index contributed by atoms with van der Waals surface area (Å²) in [5.74, 6) is -0.881. The fourth-order valence-electron chi connectivity index (χ4n) is 1.82. The van der Waals surface area contributed by atoms with Gasteiger partial charge in [0, 0.05) is 18.3 Å². The summed E-state index contributed by atoms with van der Waals surface area (Å²) < 4.78 is 0. The number of carbonyl (C=O) groups is 1. The Kier molecular flexibility index (Phi) is 4.32. The molecule has 0 saturated heterocycles. The molecule has 0 aliphatic heterocycles. The maximum Gasteiger partial charge on any atom is 0.335 e. The Bertz CT molecular complexity index is 424. The van der Waals surface area contributed by atoms with Crippen LogP contribution in [0.5, 0.6) is 0 Å². The topological polar surface area (TPSA) is 40.5 Å². The van der Waals surface area contributed by atoms with Gasteiger partial charge in [0.1, 0.15) is 0 Å². The van der Waals surface area contributed by atoms with Gasteiger partial charge in [-0.2, -0.15) is 0 Å². The summed E-state index contributed by atoms with van der Waals surface area (Å²) in [6.07, 6.45) is 1.85. The van der Waals surface area contributed by atoms with Crippen molar-refractivity contribution in [3.63, 3.8) is 0 Å². The van der Waals surface area contributed by atoms with Crippen molar-refractivity contribution in [2.24, 2.45) is 0 Å². The molecule has 0 saturated carbocycles. The van der Waals surface area contributed by atoms with E-state index >= 15 is 0 Å². The summed E-state index contributed by atoms with van der Waals surface area (Å²) in [5, 5.41) is 8.98. The molecule has 0 aliphatic carbocycles. The molecule has 0 radical (unpaired) electrons. The Balaban J connectivity index is 3.10. The maximum atomic E-state index is 10.9. The average Bonchev–Trinajstić information content (AvgIpc) is 2.24. The predicted molar refractivity (Wildman–Crippen MR) is 70.8 cm³/mol. The van der Waals surface area contributed by atoms with Crippen LogP contribution >= 0.6 is 0 Å². The molecular weight excluding hydrogens is 214 g/mol. The number of carboxylic acids is 1. The summed E-state index contributed by atoms with van der Waals surface area (Å²) >= 11 is 0. The van der Waals surface area contributed by atoms with Crippen LogP contribution in [0.15, 0.2) is 30.9 Å². The van der Waals surface area contributed by atoms with Crippen LogP contribution in [0.4, 0.5) is 5.69 Å². The van der Waals surface area contributed by atoms with Gasteiger partial charge in [0.25, 0.3) is 0 Å². The van der Waals surface area contributed by atoms with Gasteiger partial charge in [0.15, 0.2) is 0 Å². The number of hydrogen-bond donors (Lipinski definition) is 1. The van der Waals surface area contributed by atoms with E-state index in [1.807, 2.05) is 25.1 Å². The number of hydrogen-bond acceptors (Lipinski definition) is 2. The highest BCUT2D eigenvalue weighted by Crippen LogP contribution is 2.21. The van der Waals surface area contributed by atoms with Gasteiger partial charge in [-0.15, -0.1) is 6.58 Å². The second-order valence-corrected chi connectivity index (χ2v) is 4.34. The lowest BCUT2D eigenvalue weighted by atomic mass is 10.1. The Morgan fingerprint density at radius 2 is 2.18 bits per heavy atom. The molecule has 92 valence electrons. The van der Waals surface area contributed by atoms with Gasteiger partial charge < -0.3 is 10.0 Å². The maximum absolute atomic E-state index is 10.9. The molecule has 3 nitrogen and oxygen atoms in total.